The summed E-state index contributed by atoms with van der Waals surface area (Å²) in [5.41, 5.74) is 7.66. The van der Waals surface area contributed by atoms with Gasteiger partial charge in [-0.25, -0.2) is 18.7 Å². The molecule has 2 aliphatic carbocycles. The topological polar surface area (TPSA) is 121 Å². The minimum atomic E-state index is -0.680. The van der Waals surface area contributed by atoms with E-state index in [1.165, 1.54) is 24.5 Å². The van der Waals surface area contributed by atoms with E-state index in [4.69, 9.17) is 15.1 Å². The number of aromatic nitrogens is 5. The number of amides is 1. The molecule has 2 N–H and O–H groups in total. The summed E-state index contributed by atoms with van der Waals surface area (Å²) < 4.78 is 34.6. The Morgan fingerprint density at radius 2 is 1.89 bits per heavy atom. The maximum atomic E-state index is 14.5. The Balaban J connectivity index is 1.46. The number of primary amides is 1. The van der Waals surface area contributed by atoms with Crippen LogP contribution in [-0.2, 0) is 10.2 Å². The van der Waals surface area contributed by atoms with Crippen molar-refractivity contribution >= 4 is 5.91 Å². The molecule has 8 nitrogen and oxygen atoms in total. The first-order valence-corrected chi connectivity index (χ1v) is 12.0. The summed E-state index contributed by atoms with van der Waals surface area (Å²) in [6.45, 7) is 5.96. The molecule has 3 atom stereocenters. The average Bonchev–Trinajstić information content (AvgIpc) is 3.52. The van der Waals surface area contributed by atoms with E-state index < -0.39 is 28.9 Å². The lowest BCUT2D eigenvalue weighted by molar-refractivity contribution is -0.119. The zero-order chi connectivity index (χ0) is 26.1. The predicted octanol–water partition coefficient (Wildman–Crippen LogP) is 4.66. The molecule has 188 valence electrons. The molecule has 1 aromatic carbocycles. The number of fused-ring (bicyclic) bond motifs is 5. The fraction of sp³-hybridized carbons (Fsp3) is 0.333. The Labute approximate surface area is 211 Å². The van der Waals surface area contributed by atoms with Crippen molar-refractivity contribution in [1.29, 1.82) is 0 Å². The summed E-state index contributed by atoms with van der Waals surface area (Å²) in [6, 6.07) is 5.51. The van der Waals surface area contributed by atoms with Gasteiger partial charge in [-0.2, -0.15) is 5.10 Å². The van der Waals surface area contributed by atoms with E-state index in [1.807, 2.05) is 0 Å². The van der Waals surface area contributed by atoms with Gasteiger partial charge in [-0.3, -0.25) is 9.78 Å². The number of nitrogens with two attached hydrogens (primary N) is 1. The quantitative estimate of drug-likeness (QED) is 0.421. The van der Waals surface area contributed by atoms with Crippen LogP contribution in [0.15, 0.2) is 47.3 Å². The number of hydrogen-bond acceptors (Lipinski definition) is 7. The summed E-state index contributed by atoms with van der Waals surface area (Å²) in [5, 5.41) is 8.82. The van der Waals surface area contributed by atoms with Crippen LogP contribution in [0.25, 0.3) is 22.8 Å². The molecule has 4 aromatic rings. The van der Waals surface area contributed by atoms with Gasteiger partial charge >= 0.3 is 0 Å². The van der Waals surface area contributed by atoms with Crippen molar-refractivity contribution < 1.29 is 18.0 Å². The molecular formula is C27H24F2N6O2. The number of hydrogen-bond donors (Lipinski definition) is 1. The van der Waals surface area contributed by atoms with Crippen molar-refractivity contribution in [1.82, 2.24) is 25.1 Å². The minimum Gasteiger partial charge on any atom is -0.443 e. The number of halogens is 2. The maximum absolute atomic E-state index is 14.5. The Kier molecular flexibility index (Phi) is 5.02. The van der Waals surface area contributed by atoms with Crippen molar-refractivity contribution in [2.75, 3.05) is 0 Å². The molecule has 0 saturated heterocycles. The van der Waals surface area contributed by atoms with Crippen molar-refractivity contribution in [2.24, 2.45) is 11.1 Å². The van der Waals surface area contributed by atoms with Crippen LogP contribution in [0.2, 0.25) is 0 Å². The van der Waals surface area contributed by atoms with Crippen LogP contribution >= 0.6 is 0 Å². The van der Waals surface area contributed by atoms with Gasteiger partial charge in [-0.15, -0.1) is 5.10 Å². The summed E-state index contributed by atoms with van der Waals surface area (Å²) in [4.78, 5) is 25.3. The summed E-state index contributed by atoms with van der Waals surface area (Å²) in [7, 11) is 0. The van der Waals surface area contributed by atoms with Gasteiger partial charge in [0.2, 0.25) is 11.8 Å². The van der Waals surface area contributed by atoms with Crippen LogP contribution in [0.3, 0.4) is 0 Å². The lowest BCUT2D eigenvalue weighted by atomic mass is 9.66. The fourth-order valence-corrected chi connectivity index (χ4v) is 6.18. The highest BCUT2D eigenvalue weighted by Crippen LogP contribution is 2.69. The molecule has 3 aromatic heterocycles. The molecule has 1 amide bonds. The van der Waals surface area contributed by atoms with Gasteiger partial charge in [-0.1, -0.05) is 19.9 Å². The second kappa shape index (κ2) is 7.96. The highest BCUT2D eigenvalue weighted by atomic mass is 19.1. The van der Waals surface area contributed by atoms with E-state index >= 15 is 0 Å². The van der Waals surface area contributed by atoms with E-state index in [9.17, 15) is 13.6 Å². The van der Waals surface area contributed by atoms with E-state index in [1.54, 1.807) is 25.4 Å². The number of oxazole rings is 1. The molecule has 6 rings (SSSR count). The molecule has 3 heterocycles. The Bertz CT molecular complexity index is 1550. The molecular weight excluding hydrogens is 478 g/mol. The second-order valence-corrected chi connectivity index (χ2v) is 10.3. The van der Waals surface area contributed by atoms with Crippen LogP contribution < -0.4 is 5.73 Å². The first-order valence-electron chi connectivity index (χ1n) is 12.0. The van der Waals surface area contributed by atoms with Gasteiger partial charge in [-0.05, 0) is 54.9 Å². The number of carbonyl (C=O) groups is 1. The fourth-order valence-electron chi connectivity index (χ4n) is 6.18. The van der Waals surface area contributed by atoms with Crippen molar-refractivity contribution in [2.45, 2.75) is 50.9 Å². The Morgan fingerprint density at radius 3 is 2.62 bits per heavy atom. The molecule has 2 bridgehead atoms. The van der Waals surface area contributed by atoms with Crippen LogP contribution in [0.1, 0.15) is 68.1 Å². The van der Waals surface area contributed by atoms with Gasteiger partial charge in [0.05, 0.1) is 45.9 Å². The zero-order valence-corrected chi connectivity index (χ0v) is 20.5. The summed E-state index contributed by atoms with van der Waals surface area (Å²) in [5.74, 6) is -2.14. The summed E-state index contributed by atoms with van der Waals surface area (Å²) in [6.07, 6.45) is 6.29. The molecule has 1 fully saturated rings. The molecule has 0 spiro atoms. The van der Waals surface area contributed by atoms with Gasteiger partial charge in [0.1, 0.15) is 23.6 Å². The molecule has 37 heavy (non-hydrogen) atoms. The smallest absolute Gasteiger partial charge is 0.246 e. The SMILES string of the molecule is CC(C(N)=O)c1coc(-c2cncc([C@]34CC[C@@H](c5cc(-c6c(F)cccc6F)nnc53)C4(C)C)n2)n1. The van der Waals surface area contributed by atoms with Crippen molar-refractivity contribution in [3.05, 3.63) is 77.2 Å². The second-order valence-electron chi connectivity index (χ2n) is 10.3. The molecule has 2 aliphatic rings. The first kappa shape index (κ1) is 23.3. The lowest BCUT2D eigenvalue weighted by Gasteiger charge is -2.37. The van der Waals surface area contributed by atoms with Crippen molar-refractivity contribution in [3.63, 3.8) is 0 Å². The van der Waals surface area contributed by atoms with E-state index in [-0.39, 0.29) is 28.5 Å². The highest BCUT2D eigenvalue weighted by molar-refractivity contribution is 5.80. The number of carbonyl (C=O) groups excluding carboxylic acids is 1. The van der Waals surface area contributed by atoms with Gasteiger partial charge in [0.25, 0.3) is 0 Å². The van der Waals surface area contributed by atoms with Gasteiger partial charge in [0.15, 0.2) is 0 Å². The molecule has 1 saturated carbocycles. The van der Waals surface area contributed by atoms with Gasteiger partial charge in [0, 0.05) is 6.20 Å². The van der Waals surface area contributed by atoms with Crippen LogP contribution in [0.5, 0.6) is 0 Å². The largest absolute Gasteiger partial charge is 0.443 e. The van der Waals surface area contributed by atoms with Crippen LogP contribution in [0.4, 0.5) is 8.78 Å². The lowest BCUT2D eigenvalue weighted by Crippen LogP contribution is -2.38. The standard InChI is InChI=1S/C27H24F2N6O2/c1-13(24(30)36)20-12-37-25(33-20)19-10-31-11-21(32-19)27-8-7-15(26(27,2)3)14-9-18(34-35-23(14)27)22-16(28)5-4-6-17(22)29/h4-6,9-13,15H,7-8H2,1-3H3,(H2,30,36)/t13?,15-,27+/m0/s1. The van der Waals surface area contributed by atoms with Crippen LogP contribution in [-0.4, -0.2) is 31.1 Å². The molecule has 1 unspecified atom stereocenters. The number of rotatable bonds is 5. The minimum absolute atomic E-state index is 0.0989. The monoisotopic (exact) mass is 502 g/mol. The van der Waals surface area contributed by atoms with E-state index in [0.29, 0.717) is 17.1 Å². The Hall–Kier alpha value is -4.08. The maximum Gasteiger partial charge on any atom is 0.246 e. The first-order chi connectivity index (χ1) is 17.6. The molecule has 0 radical (unpaired) electrons. The van der Waals surface area contributed by atoms with Crippen LogP contribution in [0, 0.1) is 17.0 Å². The third-order valence-electron chi connectivity index (χ3n) is 8.28. The van der Waals surface area contributed by atoms with E-state index in [0.717, 1.165) is 24.1 Å². The average molecular weight is 503 g/mol. The molecule has 0 aliphatic heterocycles. The summed E-state index contributed by atoms with van der Waals surface area (Å²) >= 11 is 0. The predicted molar refractivity (Wildman–Crippen MR) is 129 cm³/mol. The zero-order valence-electron chi connectivity index (χ0n) is 20.5. The Morgan fingerprint density at radius 1 is 1.14 bits per heavy atom. The third-order valence-corrected chi connectivity index (χ3v) is 8.28. The van der Waals surface area contributed by atoms with Gasteiger partial charge < -0.3 is 10.2 Å². The highest BCUT2D eigenvalue weighted by Gasteiger charge is 2.65. The molecule has 10 heteroatoms. The van der Waals surface area contributed by atoms with Crippen molar-refractivity contribution in [3.8, 4) is 22.8 Å². The number of nitrogens with zero attached hydrogens (tertiary/aromatic N) is 5. The van der Waals surface area contributed by atoms with E-state index in [2.05, 4.69) is 34.0 Å². The normalized spacial score (nSPS) is 22.1. The third kappa shape index (κ3) is 3.17. The number of benzene rings is 1.